The average Bonchev–Trinajstić information content (AvgIpc) is 2.14. The van der Waals surface area contributed by atoms with Crippen molar-refractivity contribution in [2.45, 2.75) is 0 Å². The highest BCUT2D eigenvalue weighted by molar-refractivity contribution is 5.71. The molecule has 1 aromatic heterocycles. The van der Waals surface area contributed by atoms with Crippen LogP contribution in [0.5, 0.6) is 5.88 Å². The van der Waals surface area contributed by atoms with Crippen LogP contribution in [0.25, 0.3) is 5.57 Å². The molecule has 1 heterocycles. The predicted molar refractivity (Wildman–Crippen MR) is 61.9 cm³/mol. The highest BCUT2D eigenvalue weighted by atomic mass is 16.3. The fourth-order valence-corrected chi connectivity index (χ4v) is 1.31. The van der Waals surface area contributed by atoms with Gasteiger partial charge in [0.2, 0.25) is 5.88 Å². The van der Waals surface area contributed by atoms with Gasteiger partial charge >= 0.3 is 0 Å². The Bertz CT molecular complexity index is 563. The van der Waals surface area contributed by atoms with E-state index < -0.39 is 0 Å². The van der Waals surface area contributed by atoms with Crippen LogP contribution >= 0.6 is 0 Å². The van der Waals surface area contributed by atoms with E-state index in [1.165, 1.54) is 0 Å². The second-order valence-electron chi connectivity index (χ2n) is 3.20. The van der Waals surface area contributed by atoms with E-state index in [0.29, 0.717) is 5.82 Å². The van der Waals surface area contributed by atoms with Crippen molar-refractivity contribution in [3.8, 4) is 5.88 Å². The van der Waals surface area contributed by atoms with Crippen LogP contribution in [0, 0.1) is 0 Å². The Balaban J connectivity index is 2.47. The maximum absolute atomic E-state index is 11.2. The van der Waals surface area contributed by atoms with E-state index in [2.05, 4.69) is 9.97 Å². The third-order valence-corrected chi connectivity index (χ3v) is 2.00. The summed E-state index contributed by atoms with van der Waals surface area (Å²) in [4.78, 5) is 17.6. The lowest BCUT2D eigenvalue weighted by molar-refractivity contribution is 0.450. The van der Waals surface area contributed by atoms with E-state index in [1.807, 2.05) is 30.4 Å². The molecule has 2 N–H and O–H groups in total. The molecule has 1 aliphatic rings. The van der Waals surface area contributed by atoms with Crippen LogP contribution in [0.4, 0.5) is 0 Å². The lowest BCUT2D eigenvalue weighted by Crippen LogP contribution is -2.08. The van der Waals surface area contributed by atoms with Crippen molar-refractivity contribution in [2.75, 3.05) is 0 Å². The molecule has 4 nitrogen and oxygen atoms in total. The summed E-state index contributed by atoms with van der Waals surface area (Å²) in [6.07, 6.45) is 12.9. The zero-order chi connectivity index (χ0) is 11.4. The zero-order valence-electron chi connectivity index (χ0n) is 8.42. The van der Waals surface area contributed by atoms with E-state index in [0.717, 1.165) is 11.6 Å². The van der Waals surface area contributed by atoms with Crippen LogP contribution in [0.2, 0.25) is 0 Å². The van der Waals surface area contributed by atoms with Gasteiger partial charge in [-0.05, 0) is 0 Å². The highest BCUT2D eigenvalue weighted by Crippen LogP contribution is 2.13. The maximum atomic E-state index is 11.2. The van der Waals surface area contributed by atoms with Crippen molar-refractivity contribution in [3.63, 3.8) is 0 Å². The van der Waals surface area contributed by atoms with Crippen LogP contribution in [-0.2, 0) is 0 Å². The van der Waals surface area contributed by atoms with E-state index in [4.69, 9.17) is 0 Å². The highest BCUT2D eigenvalue weighted by Gasteiger charge is 2.03. The van der Waals surface area contributed by atoms with Gasteiger partial charge in [0.25, 0.3) is 5.56 Å². The Morgan fingerprint density at radius 3 is 2.69 bits per heavy atom. The van der Waals surface area contributed by atoms with Crippen molar-refractivity contribution in [3.05, 3.63) is 64.8 Å². The largest absolute Gasteiger partial charge is 0.493 e. The van der Waals surface area contributed by atoms with E-state index >= 15 is 0 Å². The van der Waals surface area contributed by atoms with Crippen molar-refractivity contribution < 1.29 is 5.11 Å². The van der Waals surface area contributed by atoms with Crippen LogP contribution < -0.4 is 5.56 Å². The number of hydrogen-bond donors (Lipinski definition) is 2. The van der Waals surface area contributed by atoms with E-state index in [9.17, 15) is 9.90 Å². The molecule has 2 rings (SSSR count). The first kappa shape index (κ1) is 10.2. The number of nitrogens with one attached hydrogen (secondary N) is 1. The number of aromatic hydroxyl groups is 1. The number of aromatic amines is 1. The molecule has 0 spiro atoms. The summed E-state index contributed by atoms with van der Waals surface area (Å²) >= 11 is 0. The molecule has 0 fully saturated rings. The molecule has 4 heteroatoms. The molecule has 0 aliphatic heterocycles. The number of nitrogens with zero attached hydrogens (tertiary/aromatic N) is 1. The molecule has 0 saturated heterocycles. The summed E-state index contributed by atoms with van der Waals surface area (Å²) in [6.45, 7) is 0. The van der Waals surface area contributed by atoms with Crippen LogP contribution in [0.3, 0.4) is 0 Å². The smallest absolute Gasteiger partial charge is 0.254 e. The summed E-state index contributed by atoms with van der Waals surface area (Å²) in [7, 11) is 0. The summed E-state index contributed by atoms with van der Waals surface area (Å²) in [5.74, 6) is 0.0656. The molecular weight excluding hydrogens is 204 g/mol. The van der Waals surface area contributed by atoms with Crippen molar-refractivity contribution in [1.82, 2.24) is 9.97 Å². The molecule has 0 unspecified atom stereocenters. The number of allylic oxidation sites excluding steroid dienone is 8. The number of hydrogen-bond acceptors (Lipinski definition) is 3. The van der Waals surface area contributed by atoms with Gasteiger partial charge in [0.05, 0.1) is 6.07 Å². The lowest BCUT2D eigenvalue weighted by atomic mass is 10.1. The zero-order valence-corrected chi connectivity index (χ0v) is 8.42. The molecule has 1 aromatic rings. The fourth-order valence-electron chi connectivity index (χ4n) is 1.31. The average molecular weight is 214 g/mol. The predicted octanol–water partition coefficient (Wildman–Crippen LogP) is 1.54. The van der Waals surface area contributed by atoms with Gasteiger partial charge in [0, 0.05) is 5.57 Å². The molecule has 0 radical (unpaired) electrons. The maximum Gasteiger partial charge on any atom is 0.254 e. The number of aromatic nitrogens is 2. The molecule has 0 amide bonds. The van der Waals surface area contributed by atoms with Crippen molar-refractivity contribution in [2.24, 2.45) is 0 Å². The van der Waals surface area contributed by atoms with Crippen LogP contribution in [-0.4, -0.2) is 15.1 Å². The van der Waals surface area contributed by atoms with Gasteiger partial charge in [-0.1, -0.05) is 42.5 Å². The summed E-state index contributed by atoms with van der Waals surface area (Å²) < 4.78 is 0. The quantitative estimate of drug-likeness (QED) is 0.745. The third-order valence-electron chi connectivity index (χ3n) is 2.00. The van der Waals surface area contributed by atoms with Gasteiger partial charge in [-0.2, -0.15) is 4.98 Å². The normalized spacial score (nSPS) is 18.4. The first-order chi connectivity index (χ1) is 7.75. The standard InChI is InChI=1S/C12H10N2O2/c15-10-8-11(16)14-12(13-10)9-6-4-2-1-3-5-7-9/h1-8H,(H2,13,14,15,16)/b2-1-,3-1?,4-2?,5-3-,6-4?,7-5?,9-6?,9-7?. The van der Waals surface area contributed by atoms with Crippen molar-refractivity contribution >= 4 is 5.57 Å². The Labute approximate surface area is 92.0 Å². The number of rotatable bonds is 1. The summed E-state index contributed by atoms with van der Waals surface area (Å²) in [6, 6.07) is 1.03. The van der Waals surface area contributed by atoms with Gasteiger partial charge < -0.3 is 10.1 Å². The summed E-state index contributed by atoms with van der Waals surface area (Å²) in [5, 5.41) is 9.24. The first-order valence-electron chi connectivity index (χ1n) is 4.78. The third kappa shape index (κ3) is 2.36. The van der Waals surface area contributed by atoms with Gasteiger partial charge in [0.15, 0.2) is 0 Å². The van der Waals surface area contributed by atoms with E-state index in [1.54, 1.807) is 12.2 Å². The molecule has 0 saturated carbocycles. The minimum absolute atomic E-state index is 0.283. The SMILES string of the molecule is O=c1cc(O)nc(C2=C/C=C\C=C/C=C2)[nH]1. The number of H-pyrrole nitrogens is 1. The Morgan fingerprint density at radius 2 is 1.88 bits per heavy atom. The lowest BCUT2D eigenvalue weighted by Gasteiger charge is -2.01. The molecule has 1 aliphatic carbocycles. The topological polar surface area (TPSA) is 66.0 Å². The molecule has 0 aromatic carbocycles. The van der Waals surface area contributed by atoms with Gasteiger partial charge in [-0.25, -0.2) is 0 Å². The second-order valence-corrected chi connectivity index (χ2v) is 3.20. The minimum atomic E-state index is -0.376. The molecular formula is C12H10N2O2. The summed E-state index contributed by atoms with van der Waals surface area (Å²) in [5.41, 5.74) is 0.354. The van der Waals surface area contributed by atoms with Gasteiger partial charge in [0.1, 0.15) is 5.82 Å². The molecule has 0 bridgehead atoms. The van der Waals surface area contributed by atoms with Crippen LogP contribution in [0.1, 0.15) is 5.82 Å². The second kappa shape index (κ2) is 4.44. The Hall–Kier alpha value is -2.36. The molecule has 16 heavy (non-hydrogen) atoms. The monoisotopic (exact) mass is 214 g/mol. The first-order valence-corrected chi connectivity index (χ1v) is 4.78. The molecule has 0 atom stereocenters. The van der Waals surface area contributed by atoms with Gasteiger partial charge in [-0.15, -0.1) is 0 Å². The van der Waals surface area contributed by atoms with Gasteiger partial charge in [-0.3, -0.25) is 4.79 Å². The van der Waals surface area contributed by atoms with E-state index in [-0.39, 0.29) is 11.4 Å². The Morgan fingerprint density at radius 1 is 1.12 bits per heavy atom. The van der Waals surface area contributed by atoms with Crippen molar-refractivity contribution in [1.29, 1.82) is 0 Å². The molecule has 80 valence electrons. The minimum Gasteiger partial charge on any atom is -0.493 e. The van der Waals surface area contributed by atoms with Crippen LogP contribution in [0.15, 0.2) is 53.4 Å². The Kier molecular flexibility index (Phi) is 2.82. The fraction of sp³-hybridized carbons (Fsp3) is 0.